The lowest BCUT2D eigenvalue weighted by Crippen LogP contribution is -2.31. The van der Waals surface area contributed by atoms with Crippen molar-refractivity contribution >= 4 is 29.1 Å². The van der Waals surface area contributed by atoms with Gasteiger partial charge >= 0.3 is 0 Å². The third-order valence-corrected chi connectivity index (χ3v) is 4.96. The molecule has 2 N–H and O–H groups in total. The summed E-state index contributed by atoms with van der Waals surface area (Å²) in [5.41, 5.74) is 6.72. The fraction of sp³-hybridized carbons (Fsp3) is 0.533. The molecular weight excluding hydrogens is 295 g/mol. The van der Waals surface area contributed by atoms with E-state index in [0.717, 1.165) is 31.5 Å². The second-order valence-corrected chi connectivity index (χ2v) is 6.63. The number of nitrogens with two attached hydrogens (primary N) is 1. The van der Waals surface area contributed by atoms with E-state index in [9.17, 15) is 4.79 Å². The Labute approximate surface area is 129 Å². The Kier molecular flexibility index (Phi) is 3.93. The van der Waals surface area contributed by atoms with Gasteiger partial charge in [0.2, 0.25) is 5.91 Å². The molecule has 2 fully saturated rings. The predicted molar refractivity (Wildman–Crippen MR) is 81.1 cm³/mol. The van der Waals surface area contributed by atoms with Crippen LogP contribution in [0.4, 0.5) is 0 Å². The molecule has 3 nitrogen and oxygen atoms in total. The molecule has 2 aliphatic rings. The van der Waals surface area contributed by atoms with Gasteiger partial charge in [-0.05, 0) is 48.9 Å². The maximum Gasteiger partial charge on any atom is 0.226 e. The van der Waals surface area contributed by atoms with Crippen molar-refractivity contribution in [3.05, 3.63) is 33.8 Å². The van der Waals surface area contributed by atoms with E-state index in [-0.39, 0.29) is 17.7 Å². The van der Waals surface area contributed by atoms with Gasteiger partial charge in [0.15, 0.2) is 0 Å². The van der Waals surface area contributed by atoms with Crippen molar-refractivity contribution in [2.75, 3.05) is 19.6 Å². The fourth-order valence-corrected chi connectivity index (χ4v) is 3.62. The molecule has 3 unspecified atom stereocenters. The van der Waals surface area contributed by atoms with E-state index in [1.807, 2.05) is 17.0 Å². The van der Waals surface area contributed by atoms with Gasteiger partial charge in [0.1, 0.15) is 0 Å². The van der Waals surface area contributed by atoms with Crippen LogP contribution in [0.2, 0.25) is 10.0 Å². The lowest BCUT2D eigenvalue weighted by Gasteiger charge is -2.16. The summed E-state index contributed by atoms with van der Waals surface area (Å²) in [6.45, 7) is 2.33. The van der Waals surface area contributed by atoms with E-state index < -0.39 is 0 Å². The van der Waals surface area contributed by atoms with Crippen LogP contribution < -0.4 is 5.73 Å². The van der Waals surface area contributed by atoms with Gasteiger partial charge in [0.25, 0.3) is 0 Å². The largest absolute Gasteiger partial charge is 0.342 e. The van der Waals surface area contributed by atoms with Crippen LogP contribution in [0.15, 0.2) is 18.2 Å². The van der Waals surface area contributed by atoms with E-state index in [2.05, 4.69) is 0 Å². The van der Waals surface area contributed by atoms with E-state index in [4.69, 9.17) is 28.9 Å². The highest BCUT2D eigenvalue weighted by Crippen LogP contribution is 2.51. The second-order valence-electron chi connectivity index (χ2n) is 5.79. The first-order valence-electron chi connectivity index (χ1n) is 7.04. The first-order valence-corrected chi connectivity index (χ1v) is 7.79. The number of likely N-dealkylation sites (tertiary alicyclic amines) is 1. The van der Waals surface area contributed by atoms with E-state index in [1.54, 1.807) is 6.07 Å². The van der Waals surface area contributed by atoms with Crippen LogP contribution in [-0.2, 0) is 4.79 Å². The minimum absolute atomic E-state index is 0.0881. The molecule has 1 aromatic carbocycles. The van der Waals surface area contributed by atoms with E-state index in [1.165, 1.54) is 0 Å². The average Bonchev–Trinajstić information content (AvgIpc) is 3.06. The quantitative estimate of drug-likeness (QED) is 0.932. The monoisotopic (exact) mass is 312 g/mol. The van der Waals surface area contributed by atoms with E-state index in [0.29, 0.717) is 22.5 Å². The van der Waals surface area contributed by atoms with Crippen LogP contribution in [0.25, 0.3) is 0 Å². The number of benzene rings is 1. The molecular formula is C15H18Cl2N2O. The van der Waals surface area contributed by atoms with Crippen molar-refractivity contribution in [2.24, 2.45) is 17.6 Å². The van der Waals surface area contributed by atoms with Crippen molar-refractivity contribution in [3.8, 4) is 0 Å². The van der Waals surface area contributed by atoms with Crippen molar-refractivity contribution in [3.63, 3.8) is 0 Å². The highest BCUT2D eigenvalue weighted by molar-refractivity contribution is 6.35. The Balaban J connectivity index is 1.65. The number of hydrogen-bond donors (Lipinski definition) is 1. The van der Waals surface area contributed by atoms with Crippen molar-refractivity contribution in [1.82, 2.24) is 4.90 Å². The van der Waals surface area contributed by atoms with Crippen LogP contribution in [0, 0.1) is 11.8 Å². The fourth-order valence-electron chi connectivity index (χ4n) is 3.07. The highest BCUT2D eigenvalue weighted by atomic mass is 35.5. The van der Waals surface area contributed by atoms with Crippen LogP contribution in [0.1, 0.15) is 24.3 Å². The zero-order chi connectivity index (χ0) is 14.3. The summed E-state index contributed by atoms with van der Waals surface area (Å²) in [5, 5.41) is 1.30. The zero-order valence-electron chi connectivity index (χ0n) is 11.2. The Morgan fingerprint density at radius 1 is 1.40 bits per heavy atom. The van der Waals surface area contributed by atoms with Crippen molar-refractivity contribution < 1.29 is 4.79 Å². The number of rotatable bonds is 3. The second kappa shape index (κ2) is 5.55. The normalized spacial score (nSPS) is 28.8. The van der Waals surface area contributed by atoms with Crippen LogP contribution in [-0.4, -0.2) is 30.4 Å². The minimum Gasteiger partial charge on any atom is -0.342 e. The number of carbonyl (C=O) groups excluding carboxylic acids is 1. The smallest absolute Gasteiger partial charge is 0.226 e. The molecule has 1 saturated carbocycles. The molecule has 0 aromatic heterocycles. The van der Waals surface area contributed by atoms with Gasteiger partial charge in [-0.1, -0.05) is 29.3 Å². The SMILES string of the molecule is NCC1CCN(C(=O)C2CC2c2ccc(Cl)cc2Cl)C1. The number of nitrogens with zero attached hydrogens (tertiary/aromatic N) is 1. The molecule has 1 saturated heterocycles. The first-order chi connectivity index (χ1) is 9.60. The minimum atomic E-state index is 0.0881. The molecule has 0 bridgehead atoms. The number of amides is 1. The number of hydrogen-bond acceptors (Lipinski definition) is 2. The summed E-state index contributed by atoms with van der Waals surface area (Å²) in [6.07, 6.45) is 1.92. The summed E-state index contributed by atoms with van der Waals surface area (Å²) in [6, 6.07) is 5.52. The lowest BCUT2D eigenvalue weighted by molar-refractivity contribution is -0.131. The van der Waals surface area contributed by atoms with Gasteiger partial charge < -0.3 is 10.6 Å². The van der Waals surface area contributed by atoms with Crippen molar-refractivity contribution in [1.29, 1.82) is 0 Å². The Hall–Kier alpha value is -0.770. The molecule has 20 heavy (non-hydrogen) atoms. The lowest BCUT2D eigenvalue weighted by atomic mass is 10.1. The van der Waals surface area contributed by atoms with Crippen LogP contribution >= 0.6 is 23.2 Å². The molecule has 1 aromatic rings. The van der Waals surface area contributed by atoms with Crippen LogP contribution in [0.3, 0.4) is 0 Å². The molecule has 108 valence electrons. The average molecular weight is 313 g/mol. The highest BCUT2D eigenvalue weighted by Gasteiger charge is 2.47. The molecule has 5 heteroatoms. The summed E-state index contributed by atoms with van der Waals surface area (Å²) < 4.78 is 0. The van der Waals surface area contributed by atoms with Gasteiger partial charge in [-0.25, -0.2) is 0 Å². The Morgan fingerprint density at radius 2 is 2.20 bits per heavy atom. The maximum absolute atomic E-state index is 12.4. The molecule has 0 spiro atoms. The number of carbonyl (C=O) groups is 1. The summed E-state index contributed by atoms with van der Waals surface area (Å²) in [7, 11) is 0. The number of halogens is 2. The maximum atomic E-state index is 12.4. The van der Waals surface area contributed by atoms with Crippen molar-refractivity contribution in [2.45, 2.75) is 18.8 Å². The van der Waals surface area contributed by atoms with Gasteiger partial charge in [0, 0.05) is 29.1 Å². The molecule has 3 atom stereocenters. The van der Waals surface area contributed by atoms with Gasteiger partial charge in [-0.3, -0.25) is 4.79 Å². The first kappa shape index (κ1) is 14.2. The summed E-state index contributed by atoms with van der Waals surface area (Å²) in [5.74, 6) is 1.07. The Morgan fingerprint density at radius 3 is 2.85 bits per heavy atom. The third kappa shape index (κ3) is 2.67. The summed E-state index contributed by atoms with van der Waals surface area (Å²) >= 11 is 12.1. The summed E-state index contributed by atoms with van der Waals surface area (Å²) in [4.78, 5) is 14.4. The zero-order valence-corrected chi connectivity index (χ0v) is 12.7. The van der Waals surface area contributed by atoms with E-state index >= 15 is 0 Å². The predicted octanol–water partition coefficient (Wildman–Crippen LogP) is 2.90. The van der Waals surface area contributed by atoms with Gasteiger partial charge in [-0.2, -0.15) is 0 Å². The molecule has 1 heterocycles. The molecule has 3 rings (SSSR count). The standard InChI is InChI=1S/C15H18Cl2N2O/c16-10-1-2-11(14(17)5-10)12-6-13(12)15(20)19-4-3-9(7-18)8-19/h1-2,5,9,12-13H,3-4,6-8,18H2. The van der Waals surface area contributed by atoms with Gasteiger partial charge in [0.05, 0.1) is 0 Å². The third-order valence-electron chi connectivity index (χ3n) is 4.40. The topological polar surface area (TPSA) is 46.3 Å². The molecule has 1 amide bonds. The van der Waals surface area contributed by atoms with Gasteiger partial charge in [-0.15, -0.1) is 0 Å². The van der Waals surface area contributed by atoms with Crippen LogP contribution in [0.5, 0.6) is 0 Å². The molecule has 0 radical (unpaired) electrons. The Bertz CT molecular complexity index is 535. The molecule has 1 aliphatic heterocycles. The molecule has 1 aliphatic carbocycles.